The Morgan fingerprint density at radius 2 is 1.87 bits per heavy atom. The maximum absolute atomic E-state index is 11.3. The fourth-order valence-corrected chi connectivity index (χ4v) is 4.53. The summed E-state index contributed by atoms with van der Waals surface area (Å²) in [5, 5.41) is 14.9. The van der Waals surface area contributed by atoms with Crippen molar-refractivity contribution in [1.82, 2.24) is 19.9 Å². The van der Waals surface area contributed by atoms with E-state index in [0.29, 0.717) is 32.2 Å². The lowest BCUT2D eigenvalue weighted by atomic mass is 10.1. The summed E-state index contributed by atoms with van der Waals surface area (Å²) in [5.74, 6) is 1.76. The van der Waals surface area contributed by atoms with E-state index in [2.05, 4.69) is 32.3 Å². The van der Waals surface area contributed by atoms with Crippen LogP contribution < -0.4 is 10.2 Å². The molecule has 0 bridgehead atoms. The largest absolute Gasteiger partial charge is 0.465 e. The molecule has 3 aromatic heterocycles. The number of anilines is 2. The summed E-state index contributed by atoms with van der Waals surface area (Å²) in [4.78, 5) is 28.7. The number of nitrogens with zero attached hydrogens (tertiary/aromatic N) is 5. The quantitative estimate of drug-likeness (QED) is 0.665. The van der Waals surface area contributed by atoms with Crippen LogP contribution in [-0.2, 0) is 0 Å². The maximum Gasteiger partial charge on any atom is 0.407 e. The highest BCUT2D eigenvalue weighted by molar-refractivity contribution is 5.94. The molecule has 1 saturated heterocycles. The molecular formula is C23H26N6O2. The molecule has 2 aliphatic rings. The molecule has 0 radical (unpaired) electrons. The molecular weight excluding hydrogens is 392 g/mol. The molecule has 1 aliphatic carbocycles. The zero-order valence-corrected chi connectivity index (χ0v) is 17.4. The Morgan fingerprint density at radius 1 is 1.06 bits per heavy atom. The lowest BCUT2D eigenvalue weighted by Crippen LogP contribution is -2.48. The Bertz CT molecular complexity index is 1090. The summed E-state index contributed by atoms with van der Waals surface area (Å²) in [6.07, 6.45) is 9.52. The summed E-state index contributed by atoms with van der Waals surface area (Å²) in [6.45, 7) is 2.17. The number of carbonyl (C=O) groups is 1. The van der Waals surface area contributed by atoms with Gasteiger partial charge in [0.1, 0.15) is 11.6 Å². The number of piperazine rings is 1. The van der Waals surface area contributed by atoms with Crippen molar-refractivity contribution in [2.75, 3.05) is 36.4 Å². The van der Waals surface area contributed by atoms with Crippen molar-refractivity contribution >= 4 is 28.5 Å². The number of rotatable bonds is 4. The normalized spacial score (nSPS) is 17.3. The first kappa shape index (κ1) is 19.5. The van der Waals surface area contributed by atoms with Crippen LogP contribution in [0.4, 0.5) is 16.4 Å². The minimum atomic E-state index is -0.866. The third kappa shape index (κ3) is 4.10. The SMILES string of the molecule is O=C(O)N1CCN(c2nc(-c3ccnc(NC4CCCC4)c3)cc3cnccc23)CC1. The van der Waals surface area contributed by atoms with Crippen molar-refractivity contribution in [3.8, 4) is 11.3 Å². The highest BCUT2D eigenvalue weighted by Crippen LogP contribution is 2.31. The van der Waals surface area contributed by atoms with E-state index in [1.807, 2.05) is 24.5 Å². The van der Waals surface area contributed by atoms with Crippen LogP contribution in [0.25, 0.3) is 22.0 Å². The molecule has 2 N–H and O–H groups in total. The first-order valence-electron chi connectivity index (χ1n) is 10.9. The highest BCUT2D eigenvalue weighted by Gasteiger charge is 2.23. The first-order chi connectivity index (χ1) is 15.2. The van der Waals surface area contributed by atoms with Gasteiger partial charge < -0.3 is 20.2 Å². The van der Waals surface area contributed by atoms with E-state index in [9.17, 15) is 9.90 Å². The van der Waals surface area contributed by atoms with Crippen molar-refractivity contribution in [3.63, 3.8) is 0 Å². The van der Waals surface area contributed by atoms with E-state index in [1.165, 1.54) is 30.6 Å². The van der Waals surface area contributed by atoms with Crippen LogP contribution in [0.2, 0.25) is 0 Å². The zero-order chi connectivity index (χ0) is 21.2. The predicted molar refractivity (Wildman–Crippen MR) is 120 cm³/mol. The third-order valence-corrected chi connectivity index (χ3v) is 6.22. The Balaban J connectivity index is 1.48. The third-order valence-electron chi connectivity index (χ3n) is 6.22. The monoisotopic (exact) mass is 418 g/mol. The number of fused-ring (bicyclic) bond motifs is 1. The molecule has 8 heteroatoms. The molecule has 1 saturated carbocycles. The highest BCUT2D eigenvalue weighted by atomic mass is 16.4. The van der Waals surface area contributed by atoms with Crippen molar-refractivity contribution in [1.29, 1.82) is 0 Å². The molecule has 160 valence electrons. The van der Waals surface area contributed by atoms with Crippen LogP contribution >= 0.6 is 0 Å². The number of hydrogen-bond donors (Lipinski definition) is 2. The van der Waals surface area contributed by atoms with Crippen LogP contribution in [-0.4, -0.2) is 63.3 Å². The molecule has 1 amide bonds. The number of pyridine rings is 3. The van der Waals surface area contributed by atoms with Gasteiger partial charge in [0.15, 0.2) is 0 Å². The maximum atomic E-state index is 11.3. The van der Waals surface area contributed by atoms with Gasteiger partial charge in [-0.25, -0.2) is 14.8 Å². The summed E-state index contributed by atoms with van der Waals surface area (Å²) >= 11 is 0. The molecule has 0 spiro atoms. The summed E-state index contributed by atoms with van der Waals surface area (Å²) in [6, 6.07) is 8.59. The number of carboxylic acid groups (broad SMARTS) is 1. The summed E-state index contributed by atoms with van der Waals surface area (Å²) < 4.78 is 0. The fourth-order valence-electron chi connectivity index (χ4n) is 4.53. The topological polar surface area (TPSA) is 94.5 Å². The Kier molecular flexibility index (Phi) is 5.28. The van der Waals surface area contributed by atoms with Gasteiger partial charge >= 0.3 is 6.09 Å². The predicted octanol–water partition coefficient (Wildman–Crippen LogP) is 3.85. The van der Waals surface area contributed by atoms with E-state index in [-0.39, 0.29) is 0 Å². The number of aromatic nitrogens is 3. The molecule has 2 fully saturated rings. The minimum absolute atomic E-state index is 0.471. The minimum Gasteiger partial charge on any atom is -0.465 e. The van der Waals surface area contributed by atoms with Gasteiger partial charge in [-0.3, -0.25) is 4.98 Å². The van der Waals surface area contributed by atoms with Crippen LogP contribution in [0.5, 0.6) is 0 Å². The number of hydrogen-bond acceptors (Lipinski definition) is 6. The van der Waals surface area contributed by atoms with Gasteiger partial charge in [-0.05, 0) is 37.1 Å². The lowest BCUT2D eigenvalue weighted by Gasteiger charge is -2.34. The fraction of sp³-hybridized carbons (Fsp3) is 0.391. The standard InChI is InChI=1S/C23H26N6O2/c30-23(31)29-11-9-28(10-12-29)22-19-6-7-24-15-17(19)13-20(27-22)16-5-8-25-21(14-16)26-18-3-1-2-4-18/h5-8,13-15,18H,1-4,9-12H2,(H,25,26)(H,30,31). The second-order valence-corrected chi connectivity index (χ2v) is 8.24. The van der Waals surface area contributed by atoms with Crippen LogP contribution in [0.3, 0.4) is 0 Å². The molecule has 4 heterocycles. The molecule has 8 nitrogen and oxygen atoms in total. The lowest BCUT2D eigenvalue weighted by molar-refractivity contribution is 0.142. The van der Waals surface area contributed by atoms with Gasteiger partial charge in [0.25, 0.3) is 0 Å². The van der Waals surface area contributed by atoms with Gasteiger partial charge in [-0.1, -0.05) is 12.8 Å². The first-order valence-corrected chi connectivity index (χ1v) is 10.9. The Hall–Kier alpha value is -3.42. The van der Waals surface area contributed by atoms with Crippen LogP contribution in [0.15, 0.2) is 42.9 Å². The van der Waals surface area contributed by atoms with Gasteiger partial charge in [0.05, 0.1) is 5.69 Å². The second-order valence-electron chi connectivity index (χ2n) is 8.24. The zero-order valence-electron chi connectivity index (χ0n) is 17.4. The second kappa shape index (κ2) is 8.37. The van der Waals surface area contributed by atoms with Gasteiger partial charge in [-0.2, -0.15) is 0 Å². The summed E-state index contributed by atoms with van der Waals surface area (Å²) in [5.41, 5.74) is 1.87. The van der Waals surface area contributed by atoms with Gasteiger partial charge in [-0.15, -0.1) is 0 Å². The number of nitrogens with one attached hydrogen (secondary N) is 1. The average Bonchev–Trinajstić information content (AvgIpc) is 3.31. The van der Waals surface area contributed by atoms with Gasteiger partial charge in [0, 0.05) is 67.1 Å². The Morgan fingerprint density at radius 3 is 2.65 bits per heavy atom. The molecule has 3 aromatic rings. The summed E-state index contributed by atoms with van der Waals surface area (Å²) in [7, 11) is 0. The van der Waals surface area contributed by atoms with E-state index in [1.54, 1.807) is 6.20 Å². The van der Waals surface area contributed by atoms with Crippen LogP contribution in [0, 0.1) is 0 Å². The number of amides is 1. The van der Waals surface area contributed by atoms with E-state index in [4.69, 9.17) is 4.98 Å². The smallest absolute Gasteiger partial charge is 0.407 e. The Labute approximate surface area is 180 Å². The molecule has 0 atom stereocenters. The molecule has 0 unspecified atom stereocenters. The average molecular weight is 419 g/mol. The molecule has 5 rings (SSSR count). The molecule has 31 heavy (non-hydrogen) atoms. The van der Waals surface area contributed by atoms with Crippen molar-refractivity contribution in [2.24, 2.45) is 0 Å². The van der Waals surface area contributed by atoms with E-state index >= 15 is 0 Å². The molecule has 0 aromatic carbocycles. The van der Waals surface area contributed by atoms with Crippen molar-refractivity contribution in [2.45, 2.75) is 31.7 Å². The van der Waals surface area contributed by atoms with E-state index < -0.39 is 6.09 Å². The van der Waals surface area contributed by atoms with Crippen molar-refractivity contribution in [3.05, 3.63) is 42.9 Å². The van der Waals surface area contributed by atoms with Crippen LogP contribution in [0.1, 0.15) is 25.7 Å². The van der Waals surface area contributed by atoms with Crippen molar-refractivity contribution < 1.29 is 9.90 Å². The van der Waals surface area contributed by atoms with E-state index in [0.717, 1.165) is 33.7 Å². The van der Waals surface area contributed by atoms with Gasteiger partial charge in [0.2, 0.25) is 0 Å². The molecule has 1 aliphatic heterocycles.